The molecule has 1 aromatic carbocycles. The fraction of sp³-hybridized carbons (Fsp3) is 0.375. The number of carboxylic acid groups (broad SMARTS) is 1. The van der Waals surface area contributed by atoms with Crippen LogP contribution in [0.15, 0.2) is 36.4 Å². The van der Waals surface area contributed by atoms with Crippen molar-refractivity contribution in [2.45, 2.75) is 6.42 Å². The summed E-state index contributed by atoms with van der Waals surface area (Å²) in [5, 5.41) is 12.2. The van der Waals surface area contributed by atoms with E-state index in [2.05, 4.69) is 5.32 Å². The average Bonchev–Trinajstić information content (AvgIpc) is 3.08. The van der Waals surface area contributed by atoms with Gasteiger partial charge in [0.25, 0.3) is 0 Å². The Kier molecular flexibility index (Phi) is 3.41. The van der Waals surface area contributed by atoms with Crippen molar-refractivity contribution >= 4 is 17.6 Å². The van der Waals surface area contributed by atoms with Crippen LogP contribution in [0.25, 0.3) is 0 Å². The molecule has 3 rings (SSSR count). The molecule has 2 aliphatic carbocycles. The molecule has 0 heterocycles. The predicted molar refractivity (Wildman–Crippen MR) is 77.0 cm³/mol. The second kappa shape index (κ2) is 5.24. The molecule has 21 heavy (non-hydrogen) atoms. The zero-order valence-corrected chi connectivity index (χ0v) is 11.7. The Morgan fingerprint density at radius 2 is 1.76 bits per heavy atom. The van der Waals surface area contributed by atoms with Crippen LogP contribution in [0.3, 0.4) is 0 Å². The average molecular weight is 287 g/mol. The van der Waals surface area contributed by atoms with Gasteiger partial charge in [0.2, 0.25) is 5.91 Å². The molecule has 0 spiro atoms. The molecule has 1 aromatic rings. The van der Waals surface area contributed by atoms with Gasteiger partial charge in [-0.25, -0.2) is 0 Å². The minimum atomic E-state index is -0.887. The Labute approximate surface area is 122 Å². The number of hydrogen-bond acceptors (Lipinski definition) is 3. The summed E-state index contributed by atoms with van der Waals surface area (Å²) < 4.78 is 5.06. The largest absolute Gasteiger partial charge is 0.497 e. The Bertz CT molecular complexity index is 593. The van der Waals surface area contributed by atoms with Crippen molar-refractivity contribution in [1.82, 2.24) is 0 Å². The summed E-state index contributed by atoms with van der Waals surface area (Å²) in [4.78, 5) is 23.8. The molecule has 2 N–H and O–H groups in total. The molecule has 2 aliphatic rings. The van der Waals surface area contributed by atoms with E-state index in [-0.39, 0.29) is 17.7 Å². The number of allylic oxidation sites excluding steroid dienone is 2. The van der Waals surface area contributed by atoms with Crippen molar-refractivity contribution < 1.29 is 19.4 Å². The van der Waals surface area contributed by atoms with Crippen LogP contribution < -0.4 is 10.1 Å². The highest BCUT2D eigenvalue weighted by atomic mass is 16.5. The zero-order valence-electron chi connectivity index (χ0n) is 11.7. The molecular formula is C16H17NO4. The van der Waals surface area contributed by atoms with Gasteiger partial charge in [0.05, 0.1) is 18.9 Å². The van der Waals surface area contributed by atoms with Gasteiger partial charge < -0.3 is 15.2 Å². The number of carbonyl (C=O) groups excluding carboxylic acids is 1. The van der Waals surface area contributed by atoms with Gasteiger partial charge in [0, 0.05) is 5.69 Å². The first-order valence-electron chi connectivity index (χ1n) is 6.96. The summed E-state index contributed by atoms with van der Waals surface area (Å²) in [7, 11) is 1.58. The summed E-state index contributed by atoms with van der Waals surface area (Å²) >= 11 is 0. The summed E-state index contributed by atoms with van der Waals surface area (Å²) in [5.41, 5.74) is 0.650. The SMILES string of the molecule is COc1ccc(NC(=O)[C@H]2[C@@H](C(=O)O)[C@H]3C=C[C@H]2C3)cc1. The number of methoxy groups -OCH3 is 1. The Hall–Kier alpha value is -2.30. The zero-order chi connectivity index (χ0) is 15.0. The van der Waals surface area contributed by atoms with Gasteiger partial charge in [-0.05, 0) is 42.5 Å². The lowest BCUT2D eigenvalue weighted by molar-refractivity contribution is -0.146. The van der Waals surface area contributed by atoms with Crippen LogP contribution in [0.5, 0.6) is 5.75 Å². The minimum Gasteiger partial charge on any atom is -0.497 e. The lowest BCUT2D eigenvalue weighted by Crippen LogP contribution is -2.36. The number of rotatable bonds is 4. The van der Waals surface area contributed by atoms with Crippen molar-refractivity contribution in [2.75, 3.05) is 12.4 Å². The number of fused-ring (bicyclic) bond motifs is 2. The third-order valence-corrected chi connectivity index (χ3v) is 4.40. The Balaban J connectivity index is 1.75. The number of aliphatic carboxylic acids is 1. The van der Waals surface area contributed by atoms with E-state index >= 15 is 0 Å². The lowest BCUT2D eigenvalue weighted by Gasteiger charge is -2.23. The molecule has 1 fully saturated rings. The van der Waals surface area contributed by atoms with Crippen LogP contribution in [-0.2, 0) is 9.59 Å². The van der Waals surface area contributed by atoms with E-state index < -0.39 is 17.8 Å². The van der Waals surface area contributed by atoms with Gasteiger partial charge in [-0.2, -0.15) is 0 Å². The normalized spacial score (nSPS) is 29.4. The second-order valence-corrected chi connectivity index (χ2v) is 5.56. The smallest absolute Gasteiger partial charge is 0.307 e. The van der Waals surface area contributed by atoms with Crippen LogP contribution in [-0.4, -0.2) is 24.1 Å². The van der Waals surface area contributed by atoms with E-state index in [1.807, 2.05) is 12.2 Å². The number of nitrogens with one attached hydrogen (secondary N) is 1. The third-order valence-electron chi connectivity index (χ3n) is 4.40. The van der Waals surface area contributed by atoms with E-state index in [1.165, 1.54) is 0 Å². The lowest BCUT2D eigenvalue weighted by atomic mass is 9.82. The molecule has 0 aromatic heterocycles. The molecule has 2 bridgehead atoms. The van der Waals surface area contributed by atoms with Gasteiger partial charge in [-0.3, -0.25) is 9.59 Å². The summed E-state index contributed by atoms with van der Waals surface area (Å²) in [5.74, 6) is -1.48. The maximum absolute atomic E-state index is 12.4. The van der Waals surface area contributed by atoms with Crippen molar-refractivity contribution in [3.63, 3.8) is 0 Å². The number of ether oxygens (including phenoxy) is 1. The van der Waals surface area contributed by atoms with Gasteiger partial charge in [0.15, 0.2) is 0 Å². The molecular weight excluding hydrogens is 270 g/mol. The van der Waals surface area contributed by atoms with Gasteiger partial charge in [-0.1, -0.05) is 12.2 Å². The third kappa shape index (κ3) is 2.39. The minimum absolute atomic E-state index is 0.0147. The number of carboxylic acids is 1. The molecule has 5 heteroatoms. The molecule has 110 valence electrons. The number of benzene rings is 1. The van der Waals surface area contributed by atoms with Crippen molar-refractivity contribution in [3.05, 3.63) is 36.4 Å². The topological polar surface area (TPSA) is 75.6 Å². The number of amides is 1. The summed E-state index contributed by atoms with van der Waals surface area (Å²) in [6.45, 7) is 0. The van der Waals surface area contributed by atoms with Crippen LogP contribution in [0, 0.1) is 23.7 Å². The van der Waals surface area contributed by atoms with Crippen LogP contribution in [0.4, 0.5) is 5.69 Å². The highest BCUT2D eigenvalue weighted by Crippen LogP contribution is 2.48. The van der Waals surface area contributed by atoms with E-state index in [1.54, 1.807) is 31.4 Å². The second-order valence-electron chi connectivity index (χ2n) is 5.56. The van der Waals surface area contributed by atoms with Crippen LogP contribution in [0.1, 0.15) is 6.42 Å². The molecule has 1 amide bonds. The van der Waals surface area contributed by atoms with E-state index in [4.69, 9.17) is 4.74 Å². The molecule has 5 nitrogen and oxygen atoms in total. The Morgan fingerprint density at radius 3 is 2.33 bits per heavy atom. The molecule has 1 saturated carbocycles. The number of hydrogen-bond donors (Lipinski definition) is 2. The van der Waals surface area contributed by atoms with Gasteiger partial charge >= 0.3 is 5.97 Å². The maximum Gasteiger partial charge on any atom is 0.307 e. The number of carbonyl (C=O) groups is 2. The molecule has 0 unspecified atom stereocenters. The van der Waals surface area contributed by atoms with Crippen molar-refractivity contribution in [2.24, 2.45) is 23.7 Å². The highest BCUT2D eigenvalue weighted by molar-refractivity contribution is 5.96. The van der Waals surface area contributed by atoms with Gasteiger partial charge in [0.1, 0.15) is 5.75 Å². The van der Waals surface area contributed by atoms with E-state index in [0.717, 1.165) is 6.42 Å². The van der Waals surface area contributed by atoms with Gasteiger partial charge in [-0.15, -0.1) is 0 Å². The van der Waals surface area contributed by atoms with Crippen LogP contribution in [0.2, 0.25) is 0 Å². The quantitative estimate of drug-likeness (QED) is 0.832. The van der Waals surface area contributed by atoms with Crippen LogP contribution >= 0.6 is 0 Å². The monoisotopic (exact) mass is 287 g/mol. The van der Waals surface area contributed by atoms with Crippen molar-refractivity contribution in [1.29, 1.82) is 0 Å². The predicted octanol–water partition coefficient (Wildman–Crippen LogP) is 2.16. The summed E-state index contributed by atoms with van der Waals surface area (Å²) in [6, 6.07) is 7.00. The highest BCUT2D eigenvalue weighted by Gasteiger charge is 2.51. The first-order chi connectivity index (χ1) is 10.1. The first-order valence-corrected chi connectivity index (χ1v) is 6.96. The van der Waals surface area contributed by atoms with Crippen molar-refractivity contribution in [3.8, 4) is 5.75 Å². The molecule has 0 radical (unpaired) electrons. The fourth-order valence-electron chi connectivity index (χ4n) is 3.42. The maximum atomic E-state index is 12.4. The fourth-order valence-corrected chi connectivity index (χ4v) is 3.42. The molecule has 0 saturated heterocycles. The number of anilines is 1. The van der Waals surface area contributed by atoms with E-state index in [9.17, 15) is 14.7 Å². The van der Waals surface area contributed by atoms with E-state index in [0.29, 0.717) is 11.4 Å². The molecule has 0 aliphatic heterocycles. The standard InChI is InChI=1S/C16H17NO4/c1-21-12-6-4-11(5-7-12)17-15(18)13-9-2-3-10(8-9)14(13)16(19)20/h2-7,9-10,13-14H,8H2,1H3,(H,17,18)(H,19,20)/t9-,10-,13+,14-/m0/s1. The first kappa shape index (κ1) is 13.7. The Morgan fingerprint density at radius 1 is 1.14 bits per heavy atom. The molecule has 4 atom stereocenters. The summed E-state index contributed by atoms with van der Waals surface area (Å²) in [6.07, 6.45) is 4.67.